The van der Waals surface area contributed by atoms with E-state index < -0.39 is 4.92 Å². The van der Waals surface area contributed by atoms with Gasteiger partial charge in [-0.1, -0.05) is 23.9 Å². The highest BCUT2D eigenvalue weighted by atomic mass is 32.2. The third-order valence-electron chi connectivity index (χ3n) is 4.74. The molecule has 0 bridgehead atoms. The van der Waals surface area contributed by atoms with Crippen LogP contribution < -0.4 is 5.56 Å². The van der Waals surface area contributed by atoms with Crippen molar-refractivity contribution in [2.75, 3.05) is 0 Å². The Labute approximate surface area is 158 Å². The van der Waals surface area contributed by atoms with Crippen molar-refractivity contribution in [2.45, 2.75) is 36.6 Å². The number of rotatable bonds is 4. The van der Waals surface area contributed by atoms with Crippen LogP contribution in [0.2, 0.25) is 0 Å². The van der Waals surface area contributed by atoms with Gasteiger partial charge < -0.3 is 0 Å². The van der Waals surface area contributed by atoms with E-state index in [2.05, 4.69) is 0 Å². The van der Waals surface area contributed by atoms with Gasteiger partial charge in [-0.2, -0.15) is 0 Å². The predicted octanol–water partition coefficient (Wildman–Crippen LogP) is 4.25. The number of fused-ring (bicyclic) bond motifs is 3. The van der Waals surface area contributed by atoms with E-state index in [1.165, 1.54) is 28.3 Å². The molecule has 1 aliphatic carbocycles. The first-order valence-corrected chi connectivity index (χ1v) is 10.1. The van der Waals surface area contributed by atoms with Crippen LogP contribution in [-0.2, 0) is 19.9 Å². The summed E-state index contributed by atoms with van der Waals surface area (Å²) in [6.45, 7) is 1.97. The van der Waals surface area contributed by atoms with Crippen molar-refractivity contribution in [1.29, 1.82) is 0 Å². The first-order valence-electron chi connectivity index (χ1n) is 8.38. The zero-order valence-electron chi connectivity index (χ0n) is 14.4. The van der Waals surface area contributed by atoms with Gasteiger partial charge in [-0.25, -0.2) is 4.98 Å². The summed E-state index contributed by atoms with van der Waals surface area (Å²) >= 11 is 3.07. The summed E-state index contributed by atoms with van der Waals surface area (Å²) in [5, 5.41) is 12.3. The Balaban J connectivity index is 1.71. The molecule has 0 amide bonds. The minimum Gasteiger partial charge on any atom is -0.290 e. The minimum absolute atomic E-state index is 0.00291. The molecule has 0 radical (unpaired) electrons. The van der Waals surface area contributed by atoms with E-state index >= 15 is 0 Å². The molecule has 1 atom stereocenters. The molecule has 0 saturated carbocycles. The fourth-order valence-corrected chi connectivity index (χ4v) is 5.62. The summed E-state index contributed by atoms with van der Waals surface area (Å²) in [6, 6.07) is 6.60. The number of nitro groups is 1. The summed E-state index contributed by atoms with van der Waals surface area (Å²) in [5.41, 5.74) is 2.10. The summed E-state index contributed by atoms with van der Waals surface area (Å²) in [6.07, 6.45) is 3.11. The number of hydrogen-bond acceptors (Lipinski definition) is 6. The molecule has 3 aromatic rings. The summed E-state index contributed by atoms with van der Waals surface area (Å²) in [7, 11) is 1.75. The van der Waals surface area contributed by atoms with E-state index in [1.54, 1.807) is 35.1 Å². The second-order valence-electron chi connectivity index (χ2n) is 6.41. The van der Waals surface area contributed by atoms with E-state index in [0.29, 0.717) is 5.16 Å². The van der Waals surface area contributed by atoms with Crippen molar-refractivity contribution in [3.63, 3.8) is 0 Å². The molecule has 2 aromatic heterocycles. The third kappa shape index (κ3) is 2.83. The highest BCUT2D eigenvalue weighted by molar-refractivity contribution is 7.99. The van der Waals surface area contributed by atoms with Crippen molar-refractivity contribution in [2.24, 2.45) is 7.05 Å². The Morgan fingerprint density at radius 3 is 2.96 bits per heavy atom. The zero-order chi connectivity index (χ0) is 18.4. The van der Waals surface area contributed by atoms with Crippen molar-refractivity contribution in [3.05, 3.63) is 60.7 Å². The van der Waals surface area contributed by atoms with E-state index in [1.807, 2.05) is 13.0 Å². The largest absolute Gasteiger partial charge is 0.290 e. The lowest BCUT2D eigenvalue weighted by molar-refractivity contribution is -0.384. The molecular weight excluding hydrogens is 370 g/mol. The smallest absolute Gasteiger partial charge is 0.269 e. The molecule has 134 valence electrons. The highest BCUT2D eigenvalue weighted by Gasteiger charge is 2.23. The van der Waals surface area contributed by atoms with Gasteiger partial charge in [0.15, 0.2) is 5.16 Å². The number of thioether (sulfide) groups is 1. The lowest BCUT2D eigenvalue weighted by Gasteiger charge is -2.13. The lowest BCUT2D eigenvalue weighted by atomic mass is 10.1. The van der Waals surface area contributed by atoms with Gasteiger partial charge in [-0.05, 0) is 37.3 Å². The Kier molecular flexibility index (Phi) is 4.32. The molecular formula is C18H17N3O3S2. The average Bonchev–Trinajstić information content (AvgIpc) is 3.20. The molecule has 1 aromatic carbocycles. The molecule has 0 aliphatic heterocycles. The Hall–Kier alpha value is -2.19. The van der Waals surface area contributed by atoms with Gasteiger partial charge in [-0.15, -0.1) is 11.3 Å². The SMILES string of the molecule is C[C@H](Sc1nc2sc3c(c2c(=O)n1C)CCC3)c1cccc([N+](=O)[O-])c1. The fourth-order valence-electron chi connectivity index (χ4n) is 3.33. The molecule has 2 heterocycles. The van der Waals surface area contributed by atoms with Crippen LogP contribution in [0.1, 0.15) is 34.6 Å². The minimum atomic E-state index is -0.395. The number of thiophene rings is 1. The van der Waals surface area contributed by atoms with Gasteiger partial charge in [-0.3, -0.25) is 19.5 Å². The highest BCUT2D eigenvalue weighted by Crippen LogP contribution is 2.38. The quantitative estimate of drug-likeness (QED) is 0.289. The Morgan fingerprint density at radius 1 is 1.38 bits per heavy atom. The van der Waals surface area contributed by atoms with E-state index in [4.69, 9.17) is 4.98 Å². The molecule has 0 saturated heterocycles. The monoisotopic (exact) mass is 387 g/mol. The Bertz CT molecular complexity index is 1090. The summed E-state index contributed by atoms with van der Waals surface area (Å²) in [5.74, 6) is 0. The zero-order valence-corrected chi connectivity index (χ0v) is 16.0. The molecule has 0 unspecified atom stereocenters. The molecule has 0 N–H and O–H groups in total. The molecule has 1 aliphatic rings. The van der Waals surface area contributed by atoms with Gasteiger partial charge in [0.1, 0.15) is 4.83 Å². The van der Waals surface area contributed by atoms with Crippen LogP contribution in [0.5, 0.6) is 0 Å². The van der Waals surface area contributed by atoms with Crippen molar-refractivity contribution in [1.82, 2.24) is 9.55 Å². The second kappa shape index (κ2) is 6.51. The standard InChI is InChI=1S/C18H17N3O3S2/c1-10(11-5-3-6-12(9-11)21(23)24)25-18-19-16-15(17(22)20(18)2)13-7-4-8-14(13)26-16/h3,5-6,9-10H,4,7-8H2,1-2H3/t10-/m0/s1. The number of nitrogens with zero attached hydrogens (tertiary/aromatic N) is 3. The van der Waals surface area contributed by atoms with Crippen molar-refractivity contribution in [3.8, 4) is 0 Å². The van der Waals surface area contributed by atoms with Crippen molar-refractivity contribution < 1.29 is 4.92 Å². The molecule has 6 nitrogen and oxygen atoms in total. The second-order valence-corrected chi connectivity index (χ2v) is 8.80. The van der Waals surface area contributed by atoms with Crippen molar-refractivity contribution >= 4 is 39.0 Å². The topological polar surface area (TPSA) is 78.0 Å². The maximum absolute atomic E-state index is 12.9. The van der Waals surface area contributed by atoms with Crippen LogP contribution in [0.25, 0.3) is 10.2 Å². The maximum atomic E-state index is 12.9. The molecule has 4 rings (SSSR count). The number of aromatic nitrogens is 2. The van der Waals surface area contributed by atoms with Crippen LogP contribution in [0.15, 0.2) is 34.2 Å². The van der Waals surface area contributed by atoms with Gasteiger partial charge in [0.2, 0.25) is 0 Å². The number of aryl methyl sites for hydroxylation is 2. The fraction of sp³-hybridized carbons (Fsp3) is 0.333. The summed E-state index contributed by atoms with van der Waals surface area (Å²) < 4.78 is 1.60. The van der Waals surface area contributed by atoms with Crippen LogP contribution in [-0.4, -0.2) is 14.5 Å². The van der Waals surface area contributed by atoms with Gasteiger partial charge in [0, 0.05) is 29.3 Å². The predicted molar refractivity (Wildman–Crippen MR) is 104 cm³/mol. The number of hydrogen-bond donors (Lipinski definition) is 0. The van der Waals surface area contributed by atoms with Crippen LogP contribution in [0.4, 0.5) is 5.69 Å². The molecule has 0 fully saturated rings. The van der Waals surface area contributed by atoms with Crippen LogP contribution in [0.3, 0.4) is 0 Å². The summed E-state index contributed by atoms with van der Waals surface area (Å²) in [4.78, 5) is 30.3. The van der Waals surface area contributed by atoms with E-state index in [-0.39, 0.29) is 16.5 Å². The van der Waals surface area contributed by atoms with Crippen LogP contribution in [0, 0.1) is 10.1 Å². The molecule has 26 heavy (non-hydrogen) atoms. The van der Waals surface area contributed by atoms with Gasteiger partial charge >= 0.3 is 0 Å². The third-order valence-corrected chi connectivity index (χ3v) is 7.13. The number of non-ortho nitro benzene ring substituents is 1. The first kappa shape index (κ1) is 17.2. The lowest BCUT2D eigenvalue weighted by Crippen LogP contribution is -2.20. The maximum Gasteiger partial charge on any atom is 0.269 e. The molecule has 0 spiro atoms. The normalized spacial score (nSPS) is 14.5. The average molecular weight is 387 g/mol. The Morgan fingerprint density at radius 2 is 2.19 bits per heavy atom. The van der Waals surface area contributed by atoms with E-state index in [0.717, 1.165) is 35.0 Å². The van der Waals surface area contributed by atoms with E-state index in [9.17, 15) is 14.9 Å². The van der Waals surface area contributed by atoms with Crippen LogP contribution >= 0.6 is 23.1 Å². The number of benzene rings is 1. The molecule has 8 heteroatoms. The first-order chi connectivity index (χ1) is 12.5. The van der Waals surface area contributed by atoms with Gasteiger partial charge in [0.05, 0.1) is 10.3 Å². The van der Waals surface area contributed by atoms with Gasteiger partial charge in [0.25, 0.3) is 11.2 Å². The number of nitro benzene ring substituents is 1.